The molecular formula is C29H21FN8. The SMILES string of the molecule is Fc1ccccc1-c1nc2ccn(Cc3cn(Cc4nc5ccccc5n4-c4ccccc4)nn3)cc-2n1. The molecular weight excluding hydrogens is 479 g/mol. The number of benzene rings is 3. The highest BCUT2D eigenvalue weighted by Gasteiger charge is 2.16. The summed E-state index contributed by atoms with van der Waals surface area (Å²) < 4.78 is 20.1. The first kappa shape index (κ1) is 22.1. The van der Waals surface area contributed by atoms with Crippen LogP contribution in [0.3, 0.4) is 0 Å². The fourth-order valence-corrected chi connectivity index (χ4v) is 4.68. The van der Waals surface area contributed by atoms with E-state index in [1.54, 1.807) is 22.9 Å². The van der Waals surface area contributed by atoms with E-state index in [1.807, 2.05) is 65.6 Å². The Bertz CT molecular complexity index is 1850. The van der Waals surface area contributed by atoms with Gasteiger partial charge in [0.15, 0.2) is 5.82 Å². The van der Waals surface area contributed by atoms with Crippen LogP contribution >= 0.6 is 0 Å². The molecule has 8 nitrogen and oxygen atoms in total. The van der Waals surface area contributed by atoms with Crippen LogP contribution in [0.15, 0.2) is 104 Å². The Morgan fingerprint density at radius 2 is 1.50 bits per heavy atom. The van der Waals surface area contributed by atoms with Crippen LogP contribution in [0.2, 0.25) is 0 Å². The topological polar surface area (TPSA) is 79.2 Å². The fourth-order valence-electron chi connectivity index (χ4n) is 4.68. The van der Waals surface area contributed by atoms with Crippen LogP contribution in [0.25, 0.3) is 39.5 Å². The Hall–Kier alpha value is -5.18. The second kappa shape index (κ2) is 9.04. The fraction of sp³-hybridized carbons (Fsp3) is 0.0690. The van der Waals surface area contributed by atoms with Crippen LogP contribution in [0.5, 0.6) is 0 Å². The average molecular weight is 501 g/mol. The highest BCUT2D eigenvalue weighted by Crippen LogP contribution is 2.26. The summed E-state index contributed by atoms with van der Waals surface area (Å²) >= 11 is 0. The van der Waals surface area contributed by atoms with Gasteiger partial charge in [-0.1, -0.05) is 47.7 Å². The van der Waals surface area contributed by atoms with Gasteiger partial charge in [0.2, 0.25) is 0 Å². The van der Waals surface area contributed by atoms with E-state index >= 15 is 0 Å². The standard InChI is InChI=1S/C29H21FN8/c30-23-11-5-4-10-22(23)29-32-24-14-15-36(18-26(24)33-29)16-20-17-37(35-34-20)19-28-31-25-12-6-7-13-27(25)38(28)21-8-2-1-3-9-21/h1-15,17-18H,16,19H2. The number of hydrogen-bond acceptors (Lipinski definition) is 5. The lowest BCUT2D eigenvalue weighted by molar-refractivity contribution is 0.620. The zero-order chi connectivity index (χ0) is 25.5. The smallest absolute Gasteiger partial charge is 0.163 e. The first-order chi connectivity index (χ1) is 18.7. The van der Waals surface area contributed by atoms with Gasteiger partial charge in [0.05, 0.1) is 35.0 Å². The number of fused-ring (bicyclic) bond motifs is 2. The molecule has 0 aliphatic carbocycles. The summed E-state index contributed by atoms with van der Waals surface area (Å²) in [5.41, 5.74) is 5.61. The molecule has 9 heteroatoms. The third kappa shape index (κ3) is 4.00. The molecule has 38 heavy (non-hydrogen) atoms. The first-order valence-corrected chi connectivity index (χ1v) is 12.2. The van der Waals surface area contributed by atoms with Gasteiger partial charge in [-0.3, -0.25) is 4.57 Å². The van der Waals surface area contributed by atoms with Gasteiger partial charge in [-0.25, -0.2) is 24.0 Å². The summed E-state index contributed by atoms with van der Waals surface area (Å²) in [5.74, 6) is 0.909. The third-order valence-electron chi connectivity index (χ3n) is 6.42. The van der Waals surface area contributed by atoms with Crippen molar-refractivity contribution in [1.82, 2.24) is 39.1 Å². The Morgan fingerprint density at radius 3 is 2.39 bits per heavy atom. The molecule has 5 aromatic rings. The van der Waals surface area contributed by atoms with Gasteiger partial charge in [0.25, 0.3) is 0 Å². The summed E-state index contributed by atoms with van der Waals surface area (Å²) in [7, 11) is 0. The largest absolute Gasteiger partial charge is 0.346 e. The Morgan fingerprint density at radius 1 is 0.711 bits per heavy atom. The van der Waals surface area contributed by atoms with E-state index in [1.165, 1.54) is 6.07 Å². The van der Waals surface area contributed by atoms with E-state index < -0.39 is 0 Å². The molecule has 0 saturated carbocycles. The Labute approximate surface area is 217 Å². The van der Waals surface area contributed by atoms with Crippen molar-refractivity contribution in [2.75, 3.05) is 0 Å². The van der Waals surface area contributed by atoms with Gasteiger partial charge in [-0.2, -0.15) is 0 Å². The van der Waals surface area contributed by atoms with Crippen molar-refractivity contribution < 1.29 is 4.39 Å². The molecule has 2 aliphatic rings. The number of nitrogens with zero attached hydrogens (tertiary/aromatic N) is 8. The first-order valence-electron chi connectivity index (χ1n) is 12.2. The van der Waals surface area contributed by atoms with E-state index in [9.17, 15) is 4.39 Å². The van der Waals surface area contributed by atoms with Gasteiger partial charge < -0.3 is 4.57 Å². The normalized spacial score (nSPS) is 11.5. The highest BCUT2D eigenvalue weighted by molar-refractivity contribution is 5.78. The number of hydrogen-bond donors (Lipinski definition) is 0. The van der Waals surface area contributed by atoms with Crippen LogP contribution < -0.4 is 0 Å². The number of rotatable bonds is 6. The van der Waals surface area contributed by atoms with Crippen LogP contribution in [0, 0.1) is 5.82 Å². The predicted octanol–water partition coefficient (Wildman–Crippen LogP) is 5.22. The van der Waals surface area contributed by atoms with Crippen LogP contribution in [-0.2, 0) is 13.1 Å². The van der Waals surface area contributed by atoms with Crippen LogP contribution in [0.1, 0.15) is 11.5 Å². The maximum absolute atomic E-state index is 14.2. The lowest BCUT2D eigenvalue weighted by atomic mass is 10.2. The van der Waals surface area contributed by atoms with Gasteiger partial charge in [0.1, 0.15) is 29.6 Å². The van der Waals surface area contributed by atoms with Gasteiger partial charge >= 0.3 is 0 Å². The van der Waals surface area contributed by atoms with Gasteiger partial charge in [-0.15, -0.1) is 5.10 Å². The maximum Gasteiger partial charge on any atom is 0.163 e. The minimum atomic E-state index is -0.340. The molecule has 0 atom stereocenters. The second-order valence-corrected chi connectivity index (χ2v) is 9.01. The van der Waals surface area contributed by atoms with Crippen molar-refractivity contribution in [1.29, 1.82) is 0 Å². The number of halogens is 1. The molecule has 4 heterocycles. The summed E-state index contributed by atoms with van der Waals surface area (Å²) in [6.07, 6.45) is 5.73. The average Bonchev–Trinajstić information content (AvgIpc) is 3.66. The van der Waals surface area contributed by atoms with Crippen molar-refractivity contribution in [3.8, 4) is 28.5 Å². The maximum atomic E-state index is 14.2. The lowest BCUT2D eigenvalue weighted by Crippen LogP contribution is -2.08. The van der Waals surface area contributed by atoms with Gasteiger partial charge in [0, 0.05) is 18.1 Å². The quantitative estimate of drug-likeness (QED) is 0.313. The zero-order valence-corrected chi connectivity index (χ0v) is 20.2. The van der Waals surface area contributed by atoms with Crippen molar-refractivity contribution >= 4 is 11.0 Å². The van der Waals surface area contributed by atoms with Crippen molar-refractivity contribution in [3.63, 3.8) is 0 Å². The van der Waals surface area contributed by atoms with E-state index in [4.69, 9.17) is 4.98 Å². The molecule has 3 aromatic carbocycles. The molecule has 0 spiro atoms. The molecule has 184 valence electrons. The molecule has 0 fully saturated rings. The Kier molecular flexibility index (Phi) is 5.25. The highest BCUT2D eigenvalue weighted by atomic mass is 19.1. The number of pyridine rings is 1. The van der Waals surface area contributed by atoms with Crippen molar-refractivity contribution in [2.24, 2.45) is 0 Å². The summed E-state index contributed by atoms with van der Waals surface area (Å²) in [6, 6.07) is 26.7. The van der Waals surface area contributed by atoms with E-state index in [0.717, 1.165) is 28.2 Å². The number of aromatic nitrogens is 8. The molecule has 0 unspecified atom stereocenters. The number of imidazole rings is 2. The van der Waals surface area contributed by atoms with Gasteiger partial charge in [-0.05, 0) is 42.5 Å². The second-order valence-electron chi connectivity index (χ2n) is 9.01. The molecule has 0 N–H and O–H groups in total. The molecule has 0 bridgehead atoms. The summed E-state index contributed by atoms with van der Waals surface area (Å²) in [4.78, 5) is 13.9. The minimum Gasteiger partial charge on any atom is -0.346 e. The molecule has 2 aliphatic heterocycles. The van der Waals surface area contributed by atoms with E-state index in [-0.39, 0.29) is 5.82 Å². The molecule has 0 amide bonds. The number of para-hydroxylation sites is 3. The molecule has 7 rings (SSSR count). The van der Waals surface area contributed by atoms with Crippen molar-refractivity contribution in [3.05, 3.63) is 121 Å². The third-order valence-corrected chi connectivity index (χ3v) is 6.42. The molecule has 0 saturated heterocycles. The van der Waals surface area contributed by atoms with Crippen LogP contribution in [-0.4, -0.2) is 39.1 Å². The van der Waals surface area contributed by atoms with E-state index in [0.29, 0.717) is 35.9 Å². The van der Waals surface area contributed by atoms with Crippen LogP contribution in [0.4, 0.5) is 4.39 Å². The Balaban J connectivity index is 1.15. The predicted molar refractivity (Wildman–Crippen MR) is 141 cm³/mol. The summed E-state index contributed by atoms with van der Waals surface area (Å²) in [6.45, 7) is 0.980. The lowest BCUT2D eigenvalue weighted by Gasteiger charge is -2.09. The molecule has 0 radical (unpaired) electrons. The summed E-state index contributed by atoms with van der Waals surface area (Å²) in [5, 5.41) is 8.74. The van der Waals surface area contributed by atoms with E-state index in [2.05, 4.69) is 43.0 Å². The molecule has 2 aromatic heterocycles. The zero-order valence-electron chi connectivity index (χ0n) is 20.2. The monoisotopic (exact) mass is 500 g/mol. The van der Waals surface area contributed by atoms with Crippen molar-refractivity contribution in [2.45, 2.75) is 13.1 Å². The minimum absolute atomic E-state index is 0.340.